The van der Waals surface area contributed by atoms with Crippen LogP contribution < -0.4 is 5.32 Å². The van der Waals surface area contributed by atoms with Crippen LogP contribution in [0.2, 0.25) is 10.0 Å². The second-order valence-corrected chi connectivity index (χ2v) is 5.18. The van der Waals surface area contributed by atoms with Crippen LogP contribution in [-0.2, 0) is 17.9 Å². The van der Waals surface area contributed by atoms with E-state index in [4.69, 9.17) is 27.9 Å². The predicted molar refractivity (Wildman–Crippen MR) is 82.6 cm³/mol. The summed E-state index contributed by atoms with van der Waals surface area (Å²) in [7, 11) is 1.65. The number of halogens is 2. The highest BCUT2D eigenvalue weighted by Crippen LogP contribution is 2.31. The van der Waals surface area contributed by atoms with Crippen molar-refractivity contribution < 1.29 is 9.84 Å². The lowest BCUT2D eigenvalue weighted by atomic mass is 10.1. The Kier molecular flexibility index (Phi) is 5.12. The highest BCUT2D eigenvalue weighted by atomic mass is 35.5. The summed E-state index contributed by atoms with van der Waals surface area (Å²) in [6, 6.07) is 11.0. The van der Waals surface area contributed by atoms with Crippen LogP contribution in [0, 0.1) is 0 Å². The van der Waals surface area contributed by atoms with Gasteiger partial charge in [0.2, 0.25) is 0 Å². The number of phenolic OH excluding ortho intramolecular Hbond substituents is 1. The van der Waals surface area contributed by atoms with E-state index in [-0.39, 0.29) is 10.8 Å². The zero-order valence-electron chi connectivity index (χ0n) is 11.0. The van der Waals surface area contributed by atoms with E-state index in [9.17, 15) is 5.11 Å². The van der Waals surface area contributed by atoms with Gasteiger partial charge in [-0.25, -0.2) is 0 Å². The molecule has 0 aromatic heterocycles. The largest absolute Gasteiger partial charge is 0.506 e. The molecule has 0 aliphatic carbocycles. The summed E-state index contributed by atoms with van der Waals surface area (Å²) in [6.45, 7) is 0.943. The Hall–Kier alpha value is -1.42. The fourth-order valence-electron chi connectivity index (χ4n) is 1.92. The number of methoxy groups -OCH3 is 1. The van der Waals surface area contributed by atoms with Gasteiger partial charge in [-0.3, -0.25) is 0 Å². The van der Waals surface area contributed by atoms with E-state index in [0.717, 1.165) is 11.3 Å². The fraction of sp³-hybridized carbons (Fsp3) is 0.200. The number of hydrogen-bond acceptors (Lipinski definition) is 3. The first kappa shape index (κ1) is 15.0. The molecular formula is C15H15Cl2NO2. The quantitative estimate of drug-likeness (QED) is 0.856. The van der Waals surface area contributed by atoms with Crippen molar-refractivity contribution in [2.24, 2.45) is 0 Å². The summed E-state index contributed by atoms with van der Waals surface area (Å²) in [6.07, 6.45) is 0. The summed E-state index contributed by atoms with van der Waals surface area (Å²) in [5.74, 6) is 0.0489. The molecule has 0 amide bonds. The molecule has 2 aromatic carbocycles. The van der Waals surface area contributed by atoms with Crippen LogP contribution in [0.4, 0.5) is 5.69 Å². The van der Waals surface area contributed by atoms with Crippen LogP contribution in [0.1, 0.15) is 11.1 Å². The minimum atomic E-state index is 0.0489. The van der Waals surface area contributed by atoms with Crippen molar-refractivity contribution >= 4 is 28.9 Å². The maximum Gasteiger partial charge on any atom is 0.139 e. The molecule has 2 aromatic rings. The molecule has 0 aliphatic heterocycles. The molecule has 2 N–H and O–H groups in total. The third-order valence-corrected chi connectivity index (χ3v) is 3.40. The van der Waals surface area contributed by atoms with E-state index in [1.54, 1.807) is 13.2 Å². The van der Waals surface area contributed by atoms with E-state index >= 15 is 0 Å². The Bertz CT molecular complexity index is 602. The first-order chi connectivity index (χ1) is 9.61. The molecule has 2 rings (SSSR count). The molecule has 0 saturated carbocycles. The van der Waals surface area contributed by atoms with E-state index in [1.807, 2.05) is 24.3 Å². The first-order valence-corrected chi connectivity index (χ1v) is 6.85. The molecule has 0 heterocycles. The number of nitrogens with one attached hydrogen (secondary N) is 1. The SMILES string of the molecule is COCc1ccccc1NCc1cc(Cl)cc(Cl)c1O. The van der Waals surface area contributed by atoms with Gasteiger partial charge < -0.3 is 15.2 Å². The van der Waals surface area contributed by atoms with Crippen molar-refractivity contribution in [1.82, 2.24) is 0 Å². The lowest BCUT2D eigenvalue weighted by Gasteiger charge is -2.13. The maximum absolute atomic E-state index is 9.92. The smallest absolute Gasteiger partial charge is 0.139 e. The van der Waals surface area contributed by atoms with E-state index in [2.05, 4.69) is 5.32 Å². The zero-order valence-corrected chi connectivity index (χ0v) is 12.5. The van der Waals surface area contributed by atoms with Gasteiger partial charge >= 0.3 is 0 Å². The number of phenols is 1. The minimum Gasteiger partial charge on any atom is -0.506 e. The van der Waals surface area contributed by atoms with Gasteiger partial charge in [0.1, 0.15) is 5.75 Å². The molecule has 0 unspecified atom stereocenters. The number of ether oxygens (including phenoxy) is 1. The summed E-state index contributed by atoms with van der Waals surface area (Å²) in [5, 5.41) is 13.9. The van der Waals surface area contributed by atoms with Gasteiger partial charge in [-0.15, -0.1) is 0 Å². The monoisotopic (exact) mass is 311 g/mol. The minimum absolute atomic E-state index is 0.0489. The molecule has 0 saturated heterocycles. The number of para-hydroxylation sites is 1. The van der Waals surface area contributed by atoms with Gasteiger partial charge in [0, 0.05) is 35.5 Å². The summed E-state index contributed by atoms with van der Waals surface area (Å²) in [5.41, 5.74) is 2.64. The van der Waals surface area contributed by atoms with Crippen LogP contribution in [-0.4, -0.2) is 12.2 Å². The average molecular weight is 312 g/mol. The van der Waals surface area contributed by atoms with Crippen molar-refractivity contribution in [3.05, 3.63) is 57.6 Å². The first-order valence-electron chi connectivity index (χ1n) is 6.09. The number of anilines is 1. The number of rotatable bonds is 5. The molecule has 0 fully saturated rings. The number of aromatic hydroxyl groups is 1. The molecule has 106 valence electrons. The van der Waals surface area contributed by atoms with Crippen LogP contribution in [0.3, 0.4) is 0 Å². The summed E-state index contributed by atoms with van der Waals surface area (Å²) >= 11 is 11.8. The predicted octanol–water partition coefficient (Wildman–Crippen LogP) is 4.46. The molecule has 0 radical (unpaired) electrons. The number of benzene rings is 2. The van der Waals surface area contributed by atoms with Gasteiger partial charge in [-0.05, 0) is 18.2 Å². The third-order valence-electron chi connectivity index (χ3n) is 2.89. The molecule has 3 nitrogen and oxygen atoms in total. The Morgan fingerprint density at radius 3 is 2.65 bits per heavy atom. The highest BCUT2D eigenvalue weighted by molar-refractivity contribution is 6.35. The third kappa shape index (κ3) is 3.57. The van der Waals surface area contributed by atoms with Crippen LogP contribution in [0.5, 0.6) is 5.75 Å². The zero-order chi connectivity index (χ0) is 14.5. The lowest BCUT2D eigenvalue weighted by Crippen LogP contribution is -2.03. The average Bonchev–Trinajstić information content (AvgIpc) is 2.43. The molecule has 5 heteroatoms. The van der Waals surface area contributed by atoms with Crippen molar-refractivity contribution in [3.63, 3.8) is 0 Å². The lowest BCUT2D eigenvalue weighted by molar-refractivity contribution is 0.185. The van der Waals surface area contributed by atoms with E-state index in [0.29, 0.717) is 23.7 Å². The van der Waals surface area contributed by atoms with E-state index in [1.165, 1.54) is 6.07 Å². The van der Waals surface area contributed by atoms with Gasteiger partial charge in [0.25, 0.3) is 0 Å². The Labute approximate surface area is 128 Å². The molecule has 0 spiro atoms. The Morgan fingerprint density at radius 1 is 1.15 bits per heavy atom. The molecule has 20 heavy (non-hydrogen) atoms. The van der Waals surface area contributed by atoms with Crippen molar-refractivity contribution in [1.29, 1.82) is 0 Å². The second-order valence-electron chi connectivity index (χ2n) is 4.34. The summed E-state index contributed by atoms with van der Waals surface area (Å²) in [4.78, 5) is 0. The highest BCUT2D eigenvalue weighted by Gasteiger charge is 2.08. The number of hydrogen-bond donors (Lipinski definition) is 2. The fourth-order valence-corrected chi connectivity index (χ4v) is 2.45. The molecular weight excluding hydrogens is 297 g/mol. The Morgan fingerprint density at radius 2 is 1.90 bits per heavy atom. The summed E-state index contributed by atoms with van der Waals surface area (Å²) < 4.78 is 5.15. The Balaban J connectivity index is 2.17. The second kappa shape index (κ2) is 6.84. The van der Waals surface area contributed by atoms with E-state index < -0.39 is 0 Å². The standard InChI is InChI=1S/C15H15Cl2NO2/c1-20-9-10-4-2-3-5-14(10)18-8-11-6-12(16)7-13(17)15(11)19/h2-7,18-19H,8-9H2,1H3. The normalized spacial score (nSPS) is 10.6. The maximum atomic E-state index is 9.92. The van der Waals surface area contributed by atoms with Crippen molar-refractivity contribution in [3.8, 4) is 5.75 Å². The van der Waals surface area contributed by atoms with Gasteiger partial charge in [-0.1, -0.05) is 41.4 Å². The molecule has 0 aliphatic rings. The molecule has 0 atom stereocenters. The van der Waals surface area contributed by atoms with Crippen LogP contribution >= 0.6 is 23.2 Å². The topological polar surface area (TPSA) is 41.5 Å². The van der Waals surface area contributed by atoms with Gasteiger partial charge in [0.15, 0.2) is 0 Å². The van der Waals surface area contributed by atoms with Crippen LogP contribution in [0.15, 0.2) is 36.4 Å². The molecule has 0 bridgehead atoms. The van der Waals surface area contributed by atoms with Gasteiger partial charge in [0.05, 0.1) is 11.6 Å². The van der Waals surface area contributed by atoms with Crippen molar-refractivity contribution in [2.45, 2.75) is 13.2 Å². The van der Waals surface area contributed by atoms with Gasteiger partial charge in [-0.2, -0.15) is 0 Å². The van der Waals surface area contributed by atoms with Crippen LogP contribution in [0.25, 0.3) is 0 Å². The van der Waals surface area contributed by atoms with Crippen molar-refractivity contribution in [2.75, 3.05) is 12.4 Å².